The van der Waals surface area contributed by atoms with Crippen molar-refractivity contribution in [2.45, 2.75) is 4.90 Å². The summed E-state index contributed by atoms with van der Waals surface area (Å²) in [5.74, 6) is -0.783. The minimum absolute atomic E-state index is 0.182. The second-order valence-electron chi connectivity index (χ2n) is 3.72. The molecule has 0 amide bonds. The number of rotatable bonds is 8. The van der Waals surface area contributed by atoms with Gasteiger partial charge in [0.05, 0.1) is 6.61 Å². The van der Waals surface area contributed by atoms with Gasteiger partial charge in [0.25, 0.3) is 0 Å². The van der Waals surface area contributed by atoms with Crippen molar-refractivity contribution in [2.24, 2.45) is 0 Å². The van der Waals surface area contributed by atoms with Gasteiger partial charge >= 0.3 is 0 Å². The van der Waals surface area contributed by atoms with Crippen molar-refractivity contribution in [3.05, 3.63) is 28.5 Å². The van der Waals surface area contributed by atoms with Crippen LogP contribution in [0.5, 0.6) is 0 Å². The summed E-state index contributed by atoms with van der Waals surface area (Å²) in [5.41, 5.74) is 0. The van der Waals surface area contributed by atoms with E-state index in [1.165, 1.54) is 12.1 Å². The number of hydrogen-bond donors (Lipinski definition) is 2. The van der Waals surface area contributed by atoms with Gasteiger partial charge in [-0.3, -0.25) is 0 Å². The molecule has 108 valence electrons. The van der Waals surface area contributed by atoms with E-state index in [0.717, 1.165) is 6.07 Å². The van der Waals surface area contributed by atoms with Crippen LogP contribution < -0.4 is 10.0 Å². The fourth-order valence-corrected chi connectivity index (χ4v) is 2.77. The van der Waals surface area contributed by atoms with Crippen LogP contribution in [0.4, 0.5) is 4.39 Å². The maximum absolute atomic E-state index is 13.5. The van der Waals surface area contributed by atoms with Crippen LogP contribution in [0.1, 0.15) is 0 Å². The third-order valence-corrected chi connectivity index (χ3v) is 4.25. The molecule has 0 unspecified atom stereocenters. The lowest BCUT2D eigenvalue weighted by molar-refractivity contribution is 0.199. The number of ether oxygens (including phenoxy) is 1. The van der Waals surface area contributed by atoms with Crippen molar-refractivity contribution in [1.29, 1.82) is 0 Å². The zero-order valence-corrected chi connectivity index (χ0v) is 12.9. The van der Waals surface area contributed by atoms with Gasteiger partial charge < -0.3 is 10.1 Å². The number of benzene rings is 1. The van der Waals surface area contributed by atoms with Crippen LogP contribution >= 0.6 is 15.9 Å². The largest absolute Gasteiger partial charge is 0.383 e. The second kappa shape index (κ2) is 7.91. The van der Waals surface area contributed by atoms with Crippen molar-refractivity contribution in [1.82, 2.24) is 10.0 Å². The maximum atomic E-state index is 13.5. The van der Waals surface area contributed by atoms with Gasteiger partial charge in [-0.2, -0.15) is 0 Å². The fraction of sp³-hybridized carbons (Fsp3) is 0.455. The number of hydrogen-bond acceptors (Lipinski definition) is 4. The molecule has 0 saturated heterocycles. The highest BCUT2D eigenvalue weighted by Gasteiger charge is 2.18. The number of halogens is 2. The first kappa shape index (κ1) is 16.5. The van der Waals surface area contributed by atoms with Gasteiger partial charge in [-0.1, -0.05) is 15.9 Å². The number of methoxy groups -OCH3 is 1. The summed E-state index contributed by atoms with van der Waals surface area (Å²) in [4.78, 5) is -0.354. The van der Waals surface area contributed by atoms with Gasteiger partial charge in [-0.15, -0.1) is 0 Å². The van der Waals surface area contributed by atoms with Crippen molar-refractivity contribution in [2.75, 3.05) is 33.4 Å². The summed E-state index contributed by atoms with van der Waals surface area (Å²) in [6.07, 6.45) is 0. The molecule has 0 bridgehead atoms. The van der Waals surface area contributed by atoms with Gasteiger partial charge in [0.2, 0.25) is 10.0 Å². The molecule has 0 spiro atoms. The topological polar surface area (TPSA) is 67.4 Å². The molecular weight excluding hydrogens is 339 g/mol. The summed E-state index contributed by atoms with van der Waals surface area (Å²) in [6.45, 7) is 1.81. The smallest absolute Gasteiger partial charge is 0.243 e. The van der Waals surface area contributed by atoms with Crippen LogP contribution in [0.25, 0.3) is 0 Å². The Morgan fingerprint density at radius 2 is 2.05 bits per heavy atom. The SMILES string of the molecule is COCCNCCNS(=O)(=O)c1ccc(Br)cc1F. The fourth-order valence-electron chi connectivity index (χ4n) is 1.34. The van der Waals surface area contributed by atoms with E-state index in [0.29, 0.717) is 24.2 Å². The monoisotopic (exact) mass is 354 g/mol. The molecule has 0 fully saturated rings. The van der Waals surface area contributed by atoms with E-state index >= 15 is 0 Å². The summed E-state index contributed by atoms with van der Waals surface area (Å²) in [6, 6.07) is 3.82. The van der Waals surface area contributed by atoms with E-state index < -0.39 is 15.8 Å². The van der Waals surface area contributed by atoms with Crippen molar-refractivity contribution in [3.63, 3.8) is 0 Å². The molecule has 1 aromatic carbocycles. The lowest BCUT2D eigenvalue weighted by atomic mass is 10.3. The average Bonchev–Trinajstić information content (AvgIpc) is 2.33. The maximum Gasteiger partial charge on any atom is 0.243 e. The highest BCUT2D eigenvalue weighted by Crippen LogP contribution is 2.18. The average molecular weight is 355 g/mol. The Kier molecular flexibility index (Phi) is 6.87. The van der Waals surface area contributed by atoms with Gasteiger partial charge in [0.1, 0.15) is 10.7 Å². The zero-order chi connectivity index (χ0) is 14.3. The highest BCUT2D eigenvalue weighted by molar-refractivity contribution is 9.10. The van der Waals surface area contributed by atoms with E-state index in [1.807, 2.05) is 0 Å². The van der Waals surface area contributed by atoms with Gasteiger partial charge in [-0.05, 0) is 18.2 Å². The van der Waals surface area contributed by atoms with Crippen LogP contribution in [0.3, 0.4) is 0 Å². The first-order valence-corrected chi connectivity index (χ1v) is 7.89. The van der Waals surface area contributed by atoms with Crippen molar-refractivity contribution >= 4 is 26.0 Å². The first-order valence-electron chi connectivity index (χ1n) is 5.62. The lowest BCUT2D eigenvalue weighted by Gasteiger charge is -2.08. The summed E-state index contributed by atoms with van der Waals surface area (Å²) < 4.78 is 44.9. The zero-order valence-electron chi connectivity index (χ0n) is 10.4. The molecular formula is C11H16BrFN2O3S. The Balaban J connectivity index is 2.52. The summed E-state index contributed by atoms with van der Waals surface area (Å²) >= 11 is 3.07. The molecule has 8 heteroatoms. The molecule has 2 N–H and O–H groups in total. The minimum Gasteiger partial charge on any atom is -0.383 e. The van der Waals surface area contributed by atoms with Crippen LogP contribution in [-0.2, 0) is 14.8 Å². The molecule has 0 saturated carbocycles. The first-order chi connectivity index (χ1) is 8.97. The van der Waals surface area contributed by atoms with Gasteiger partial charge in [0.15, 0.2) is 0 Å². The standard InChI is InChI=1S/C11H16BrFN2O3S/c1-18-7-6-14-4-5-15-19(16,17)11-3-2-9(12)8-10(11)13/h2-3,8,14-15H,4-7H2,1H3. The predicted molar refractivity (Wildman–Crippen MR) is 74.0 cm³/mol. The molecule has 0 aliphatic carbocycles. The molecule has 0 atom stereocenters. The van der Waals surface area contributed by atoms with E-state index in [-0.39, 0.29) is 11.4 Å². The Bertz CT molecular complexity index is 511. The number of nitrogens with one attached hydrogen (secondary N) is 2. The van der Waals surface area contributed by atoms with Gasteiger partial charge in [0, 0.05) is 31.2 Å². The Morgan fingerprint density at radius 3 is 2.68 bits per heavy atom. The molecule has 5 nitrogen and oxygen atoms in total. The van der Waals surface area contributed by atoms with E-state index in [1.54, 1.807) is 7.11 Å². The predicted octanol–water partition coefficient (Wildman–Crippen LogP) is 1.10. The lowest BCUT2D eigenvalue weighted by Crippen LogP contribution is -2.33. The molecule has 1 aromatic rings. The van der Waals surface area contributed by atoms with Crippen LogP contribution in [0.2, 0.25) is 0 Å². The van der Waals surface area contributed by atoms with Crippen LogP contribution in [-0.4, -0.2) is 41.8 Å². The molecule has 1 rings (SSSR count). The van der Waals surface area contributed by atoms with E-state index in [2.05, 4.69) is 26.0 Å². The normalized spacial score (nSPS) is 11.7. The Morgan fingerprint density at radius 1 is 1.32 bits per heavy atom. The van der Waals surface area contributed by atoms with Crippen LogP contribution in [0.15, 0.2) is 27.6 Å². The second-order valence-corrected chi connectivity index (χ2v) is 6.37. The third kappa shape index (κ3) is 5.53. The highest BCUT2D eigenvalue weighted by atomic mass is 79.9. The molecule has 0 aromatic heterocycles. The van der Waals surface area contributed by atoms with Crippen LogP contribution in [0, 0.1) is 5.82 Å². The Labute approximate surface area is 120 Å². The molecule has 19 heavy (non-hydrogen) atoms. The summed E-state index contributed by atoms with van der Waals surface area (Å²) in [7, 11) is -2.23. The minimum atomic E-state index is -3.82. The van der Waals surface area contributed by atoms with Crippen molar-refractivity contribution < 1.29 is 17.5 Å². The van der Waals surface area contributed by atoms with Gasteiger partial charge in [-0.25, -0.2) is 17.5 Å². The Hall–Kier alpha value is -0.540. The third-order valence-electron chi connectivity index (χ3n) is 2.26. The molecule has 0 radical (unpaired) electrons. The molecule has 0 heterocycles. The number of sulfonamides is 1. The molecule has 0 aliphatic rings. The quantitative estimate of drug-likeness (QED) is 0.686. The van der Waals surface area contributed by atoms with E-state index in [9.17, 15) is 12.8 Å². The summed E-state index contributed by atoms with van der Waals surface area (Å²) in [5, 5.41) is 2.98. The molecule has 0 aliphatic heterocycles. The van der Waals surface area contributed by atoms with Crippen molar-refractivity contribution in [3.8, 4) is 0 Å². The van der Waals surface area contributed by atoms with E-state index in [4.69, 9.17) is 4.74 Å².